The van der Waals surface area contributed by atoms with E-state index in [0.29, 0.717) is 36.6 Å². The van der Waals surface area contributed by atoms with E-state index in [1.54, 1.807) is 44.4 Å². The van der Waals surface area contributed by atoms with E-state index in [0.717, 1.165) is 5.56 Å². The Labute approximate surface area is 178 Å². The van der Waals surface area contributed by atoms with Crippen molar-refractivity contribution in [3.63, 3.8) is 0 Å². The Morgan fingerprint density at radius 1 is 1.07 bits per heavy atom. The number of hydrogen-bond acceptors (Lipinski definition) is 4. The zero-order valence-electron chi connectivity index (χ0n) is 17.8. The molecule has 0 spiro atoms. The minimum Gasteiger partial charge on any atom is -0.356 e. The molecule has 0 aliphatic heterocycles. The molecule has 2 rings (SSSR count). The van der Waals surface area contributed by atoms with Crippen molar-refractivity contribution < 1.29 is 13.2 Å². The molecule has 0 aliphatic carbocycles. The molecule has 8 nitrogen and oxygen atoms in total. The van der Waals surface area contributed by atoms with Crippen LogP contribution >= 0.6 is 0 Å². The zero-order chi connectivity index (χ0) is 22.1. The molecule has 0 atom stereocenters. The van der Waals surface area contributed by atoms with Gasteiger partial charge in [0.25, 0.3) is 5.91 Å². The van der Waals surface area contributed by atoms with Crippen molar-refractivity contribution in [1.82, 2.24) is 20.3 Å². The van der Waals surface area contributed by atoms with Crippen molar-refractivity contribution >= 4 is 21.9 Å². The number of nitrogens with one attached hydrogen (secondary N) is 3. The maximum Gasteiger partial charge on any atom is 0.251 e. The van der Waals surface area contributed by atoms with E-state index in [4.69, 9.17) is 0 Å². The molecule has 2 aromatic rings. The predicted molar refractivity (Wildman–Crippen MR) is 119 cm³/mol. The molecule has 0 heterocycles. The Hall–Kier alpha value is -2.91. The lowest BCUT2D eigenvalue weighted by atomic mass is 10.1. The summed E-state index contributed by atoms with van der Waals surface area (Å²) in [6.07, 6.45) is 0.705. The van der Waals surface area contributed by atoms with Gasteiger partial charge in [0.15, 0.2) is 5.96 Å². The molecule has 3 N–H and O–H groups in total. The van der Waals surface area contributed by atoms with E-state index in [2.05, 4.69) is 20.9 Å². The Kier molecular flexibility index (Phi) is 8.37. The number of guanidine groups is 1. The predicted octanol–water partition coefficient (Wildman–Crippen LogP) is 1.20. The molecule has 0 fully saturated rings. The Morgan fingerprint density at radius 3 is 2.47 bits per heavy atom. The van der Waals surface area contributed by atoms with Crippen molar-refractivity contribution in [2.24, 2.45) is 4.99 Å². The quantitative estimate of drug-likeness (QED) is 0.431. The van der Waals surface area contributed by atoms with Crippen LogP contribution in [0.25, 0.3) is 0 Å². The molecule has 162 valence electrons. The normalized spacial score (nSPS) is 12.0. The van der Waals surface area contributed by atoms with E-state index in [1.165, 1.54) is 18.4 Å². The molecule has 30 heavy (non-hydrogen) atoms. The van der Waals surface area contributed by atoms with Crippen LogP contribution in [0.15, 0.2) is 58.4 Å². The van der Waals surface area contributed by atoms with Gasteiger partial charge in [0, 0.05) is 46.8 Å². The third-order valence-corrected chi connectivity index (χ3v) is 6.44. The summed E-state index contributed by atoms with van der Waals surface area (Å²) in [5.74, 6) is 0.447. The first-order valence-corrected chi connectivity index (χ1v) is 11.0. The zero-order valence-corrected chi connectivity index (χ0v) is 18.6. The molecule has 0 aromatic heterocycles. The highest BCUT2D eigenvalue weighted by Crippen LogP contribution is 2.18. The number of carbonyl (C=O) groups excluding carboxylic acids is 1. The molecule has 2 aromatic carbocycles. The first-order valence-electron chi connectivity index (χ1n) is 9.55. The second-order valence-corrected chi connectivity index (χ2v) is 8.90. The van der Waals surface area contributed by atoms with Gasteiger partial charge in [-0.15, -0.1) is 0 Å². The summed E-state index contributed by atoms with van der Waals surface area (Å²) in [4.78, 5) is 16.2. The summed E-state index contributed by atoms with van der Waals surface area (Å²) in [5.41, 5.74) is 2.31. The lowest BCUT2D eigenvalue weighted by Crippen LogP contribution is -2.38. The standard InChI is InChI=1S/C21H29N5O3S/c1-22-20(27)17-10-7-8-16(14-17)12-13-24-21(23-2)25-15-18-9-5-6-11-19(18)30(28,29)26(3)4/h5-11,14H,12-13,15H2,1-4H3,(H,22,27)(H2,23,24,25). The first-order chi connectivity index (χ1) is 14.3. The molecule has 0 saturated carbocycles. The summed E-state index contributed by atoms with van der Waals surface area (Å²) in [6, 6.07) is 14.3. The molecule has 0 aliphatic rings. The number of hydrogen-bond donors (Lipinski definition) is 3. The highest BCUT2D eigenvalue weighted by molar-refractivity contribution is 7.89. The average molecular weight is 432 g/mol. The van der Waals surface area contributed by atoms with E-state index >= 15 is 0 Å². The van der Waals surface area contributed by atoms with Crippen LogP contribution in [0.1, 0.15) is 21.5 Å². The third-order valence-electron chi connectivity index (χ3n) is 4.52. The fourth-order valence-corrected chi connectivity index (χ4v) is 3.95. The van der Waals surface area contributed by atoms with Gasteiger partial charge in [-0.3, -0.25) is 9.79 Å². The minimum atomic E-state index is -3.53. The SMILES string of the molecule is CN=C(NCCc1cccc(C(=O)NC)c1)NCc1ccccc1S(=O)(=O)N(C)C. The Bertz CT molecular complexity index is 1000. The van der Waals surface area contributed by atoms with Crippen LogP contribution < -0.4 is 16.0 Å². The van der Waals surface area contributed by atoms with E-state index in [-0.39, 0.29) is 10.8 Å². The number of carbonyl (C=O) groups is 1. The van der Waals surface area contributed by atoms with Gasteiger partial charge in [-0.25, -0.2) is 12.7 Å². The molecular weight excluding hydrogens is 402 g/mol. The van der Waals surface area contributed by atoms with Crippen LogP contribution in [-0.4, -0.2) is 59.3 Å². The molecule has 0 saturated heterocycles. The molecule has 1 amide bonds. The monoisotopic (exact) mass is 431 g/mol. The van der Waals surface area contributed by atoms with Crippen molar-refractivity contribution in [3.05, 3.63) is 65.2 Å². The van der Waals surface area contributed by atoms with E-state index < -0.39 is 10.0 Å². The maximum absolute atomic E-state index is 12.5. The topological polar surface area (TPSA) is 103 Å². The maximum atomic E-state index is 12.5. The second kappa shape index (κ2) is 10.7. The van der Waals surface area contributed by atoms with Gasteiger partial charge < -0.3 is 16.0 Å². The largest absolute Gasteiger partial charge is 0.356 e. The van der Waals surface area contributed by atoms with Crippen molar-refractivity contribution in [3.8, 4) is 0 Å². The smallest absolute Gasteiger partial charge is 0.251 e. The van der Waals surface area contributed by atoms with Crippen LogP contribution in [0, 0.1) is 0 Å². The van der Waals surface area contributed by atoms with Crippen molar-refractivity contribution in [2.75, 3.05) is 34.7 Å². The summed E-state index contributed by atoms with van der Waals surface area (Å²) in [6.45, 7) is 0.920. The Morgan fingerprint density at radius 2 is 1.80 bits per heavy atom. The summed E-state index contributed by atoms with van der Waals surface area (Å²) in [5, 5.41) is 8.98. The lowest BCUT2D eigenvalue weighted by molar-refractivity contribution is 0.0963. The summed E-state index contributed by atoms with van der Waals surface area (Å²) < 4.78 is 26.2. The Balaban J connectivity index is 1.97. The number of sulfonamides is 1. The lowest BCUT2D eigenvalue weighted by Gasteiger charge is -2.17. The van der Waals surface area contributed by atoms with Gasteiger partial charge in [0.05, 0.1) is 4.90 Å². The molecule has 0 bridgehead atoms. The van der Waals surface area contributed by atoms with Gasteiger partial charge in [0.2, 0.25) is 10.0 Å². The third kappa shape index (κ3) is 6.04. The van der Waals surface area contributed by atoms with Gasteiger partial charge in [-0.2, -0.15) is 0 Å². The molecule has 0 unspecified atom stereocenters. The van der Waals surface area contributed by atoms with Crippen molar-refractivity contribution in [2.45, 2.75) is 17.9 Å². The van der Waals surface area contributed by atoms with Crippen LogP contribution in [-0.2, 0) is 23.0 Å². The van der Waals surface area contributed by atoms with Crippen LogP contribution in [0.4, 0.5) is 0 Å². The van der Waals surface area contributed by atoms with Gasteiger partial charge in [0.1, 0.15) is 0 Å². The number of aliphatic imine (C=N–C) groups is 1. The second-order valence-electron chi connectivity index (χ2n) is 6.78. The van der Waals surface area contributed by atoms with Gasteiger partial charge in [-0.1, -0.05) is 30.3 Å². The van der Waals surface area contributed by atoms with Crippen molar-refractivity contribution in [1.29, 1.82) is 0 Å². The van der Waals surface area contributed by atoms with Crippen LogP contribution in [0.3, 0.4) is 0 Å². The van der Waals surface area contributed by atoms with Crippen LogP contribution in [0.2, 0.25) is 0 Å². The van der Waals surface area contributed by atoms with E-state index in [1.807, 2.05) is 18.2 Å². The van der Waals surface area contributed by atoms with E-state index in [9.17, 15) is 13.2 Å². The summed E-state index contributed by atoms with van der Waals surface area (Å²) >= 11 is 0. The number of amides is 1. The number of nitrogens with zero attached hydrogens (tertiary/aromatic N) is 2. The highest BCUT2D eigenvalue weighted by Gasteiger charge is 2.20. The van der Waals surface area contributed by atoms with Crippen LogP contribution in [0.5, 0.6) is 0 Å². The fourth-order valence-electron chi connectivity index (χ4n) is 2.84. The average Bonchev–Trinajstić information content (AvgIpc) is 2.75. The fraction of sp³-hybridized carbons (Fsp3) is 0.333. The highest BCUT2D eigenvalue weighted by atomic mass is 32.2. The number of rotatable bonds is 8. The van der Waals surface area contributed by atoms with Gasteiger partial charge in [-0.05, 0) is 35.7 Å². The molecule has 9 heteroatoms. The van der Waals surface area contributed by atoms with Gasteiger partial charge >= 0.3 is 0 Å². The first kappa shape index (κ1) is 23.4. The number of benzene rings is 2. The molecule has 0 radical (unpaired) electrons. The summed E-state index contributed by atoms with van der Waals surface area (Å²) in [7, 11) is 2.76. The minimum absolute atomic E-state index is 0.117. The molecular formula is C21H29N5O3S.